The molecule has 210 valence electrons. The number of benzene rings is 5. The summed E-state index contributed by atoms with van der Waals surface area (Å²) in [6, 6.07) is 48.2. The molecule has 2 aromatic heterocycles. The van der Waals surface area contributed by atoms with Crippen LogP contribution in [0.5, 0.6) is 23.0 Å². The fourth-order valence-electron chi connectivity index (χ4n) is 6.58. The first kappa shape index (κ1) is 25.6. The number of hydrogen-bond acceptors (Lipinski definition) is 4. The Morgan fingerprint density at radius 3 is 1.33 bits per heavy atom. The van der Waals surface area contributed by atoms with E-state index in [9.17, 15) is 0 Å². The van der Waals surface area contributed by atoms with Crippen molar-refractivity contribution in [3.05, 3.63) is 152 Å². The van der Waals surface area contributed by atoms with Gasteiger partial charge >= 0.3 is 0 Å². The largest absolute Gasteiger partial charge is 0.458 e. The van der Waals surface area contributed by atoms with E-state index in [4.69, 9.17) is 9.47 Å². The molecule has 2 aliphatic rings. The minimum Gasteiger partial charge on any atom is -0.458 e. The van der Waals surface area contributed by atoms with E-state index < -0.39 is 0 Å². The highest BCUT2D eigenvalue weighted by Crippen LogP contribution is 2.37. The smallest absolute Gasteiger partial charge is 0.260 e. The SMILES string of the molecule is c1ccc(-c2cccc(-c3ccc4c(c3)B3c5cc(-c6cccc(-c7ccccn7)c6)ccc5Oc5cccc(c53)O4)c2)nc1. The molecule has 9 rings (SSSR count). The molecule has 4 heterocycles. The summed E-state index contributed by atoms with van der Waals surface area (Å²) >= 11 is 0. The molecule has 0 spiro atoms. The standard InChI is InChI=1S/C40H25BN2O2/c1-3-20-42-34(12-1)30-10-5-8-26(22-30)28-16-18-36-32(24-28)41-33-25-29(27-9-6-11-31(23-27)35-13-2-4-21-43-35)17-19-37(33)45-39-15-7-14-38(44-36)40(39)41/h1-25H. The van der Waals surface area contributed by atoms with Crippen molar-refractivity contribution in [1.29, 1.82) is 0 Å². The fourth-order valence-corrected chi connectivity index (χ4v) is 6.58. The van der Waals surface area contributed by atoms with Gasteiger partial charge in [0.25, 0.3) is 6.71 Å². The zero-order valence-electron chi connectivity index (χ0n) is 24.2. The van der Waals surface area contributed by atoms with Crippen LogP contribution in [0, 0.1) is 0 Å². The molecule has 0 fully saturated rings. The number of aromatic nitrogens is 2. The van der Waals surface area contributed by atoms with E-state index >= 15 is 0 Å². The highest BCUT2D eigenvalue weighted by atomic mass is 16.5. The lowest BCUT2D eigenvalue weighted by Gasteiger charge is -2.33. The van der Waals surface area contributed by atoms with Gasteiger partial charge in [-0.3, -0.25) is 9.97 Å². The quantitative estimate of drug-likeness (QED) is 0.200. The van der Waals surface area contributed by atoms with Crippen LogP contribution in [0.3, 0.4) is 0 Å². The Morgan fingerprint density at radius 2 is 0.844 bits per heavy atom. The predicted octanol–water partition coefficient (Wildman–Crippen LogP) is 7.87. The Bertz CT molecular complexity index is 2080. The van der Waals surface area contributed by atoms with Gasteiger partial charge in [-0.1, -0.05) is 78.9 Å². The summed E-state index contributed by atoms with van der Waals surface area (Å²) in [4.78, 5) is 9.13. The van der Waals surface area contributed by atoms with E-state index in [-0.39, 0.29) is 6.71 Å². The van der Waals surface area contributed by atoms with E-state index in [1.807, 2.05) is 67.0 Å². The van der Waals surface area contributed by atoms with E-state index in [2.05, 4.69) is 94.9 Å². The molecule has 4 nitrogen and oxygen atoms in total. The second-order valence-electron chi connectivity index (χ2n) is 11.4. The Balaban J connectivity index is 1.17. The molecule has 0 saturated heterocycles. The van der Waals surface area contributed by atoms with Gasteiger partial charge in [0.2, 0.25) is 0 Å². The van der Waals surface area contributed by atoms with Crippen molar-refractivity contribution in [2.24, 2.45) is 0 Å². The predicted molar refractivity (Wildman–Crippen MR) is 181 cm³/mol. The molecule has 0 unspecified atom stereocenters. The molecule has 2 aliphatic heterocycles. The maximum absolute atomic E-state index is 6.51. The topological polar surface area (TPSA) is 44.2 Å². The van der Waals surface area contributed by atoms with Gasteiger partial charge in [-0.2, -0.15) is 0 Å². The molecule has 0 radical (unpaired) electrons. The minimum absolute atomic E-state index is 0.0402. The number of pyridine rings is 2. The maximum Gasteiger partial charge on any atom is 0.260 e. The molecule has 5 heteroatoms. The molecular formula is C40H25BN2O2. The number of nitrogens with zero attached hydrogens (tertiary/aromatic N) is 2. The first-order chi connectivity index (χ1) is 22.3. The Hall–Kier alpha value is -5.94. The van der Waals surface area contributed by atoms with Crippen LogP contribution in [-0.2, 0) is 0 Å². The Kier molecular flexibility index (Phi) is 5.88. The van der Waals surface area contributed by atoms with Gasteiger partial charge in [-0.15, -0.1) is 0 Å². The molecule has 0 saturated carbocycles. The normalized spacial score (nSPS) is 12.3. The van der Waals surface area contributed by atoms with Gasteiger partial charge in [-0.25, -0.2) is 0 Å². The van der Waals surface area contributed by atoms with E-state index in [0.29, 0.717) is 0 Å². The van der Waals surface area contributed by atoms with E-state index in [0.717, 1.165) is 84.2 Å². The van der Waals surface area contributed by atoms with Crippen LogP contribution in [-0.4, -0.2) is 16.7 Å². The van der Waals surface area contributed by atoms with Crippen LogP contribution in [0.1, 0.15) is 0 Å². The van der Waals surface area contributed by atoms with Crippen molar-refractivity contribution in [1.82, 2.24) is 9.97 Å². The summed E-state index contributed by atoms with van der Waals surface area (Å²) in [6.07, 6.45) is 3.66. The average Bonchev–Trinajstić information content (AvgIpc) is 3.12. The van der Waals surface area contributed by atoms with Crippen LogP contribution in [0.2, 0.25) is 0 Å². The van der Waals surface area contributed by atoms with Gasteiger partial charge in [0.15, 0.2) is 0 Å². The first-order valence-corrected chi connectivity index (χ1v) is 15.1. The minimum atomic E-state index is -0.0402. The maximum atomic E-state index is 6.51. The second kappa shape index (κ2) is 10.4. The number of fused-ring (bicyclic) bond motifs is 4. The molecule has 45 heavy (non-hydrogen) atoms. The van der Waals surface area contributed by atoms with Crippen molar-refractivity contribution >= 4 is 23.1 Å². The molecule has 0 aliphatic carbocycles. The van der Waals surface area contributed by atoms with Gasteiger partial charge < -0.3 is 9.47 Å². The number of ether oxygens (including phenoxy) is 2. The fraction of sp³-hybridized carbons (Fsp3) is 0. The van der Waals surface area contributed by atoms with Crippen LogP contribution in [0.15, 0.2) is 152 Å². The third-order valence-electron chi connectivity index (χ3n) is 8.71. The van der Waals surface area contributed by atoms with Crippen LogP contribution in [0.4, 0.5) is 0 Å². The van der Waals surface area contributed by atoms with Gasteiger partial charge in [0.1, 0.15) is 23.0 Å². The summed E-state index contributed by atoms with van der Waals surface area (Å²) in [5, 5.41) is 0. The summed E-state index contributed by atoms with van der Waals surface area (Å²) in [5.74, 6) is 3.40. The lowest BCUT2D eigenvalue weighted by Crippen LogP contribution is -2.57. The lowest BCUT2D eigenvalue weighted by molar-refractivity contribution is 0.464. The average molecular weight is 576 g/mol. The highest BCUT2D eigenvalue weighted by molar-refractivity contribution is 6.98. The van der Waals surface area contributed by atoms with Crippen molar-refractivity contribution in [2.45, 2.75) is 0 Å². The number of rotatable bonds is 4. The zero-order chi connectivity index (χ0) is 29.7. The van der Waals surface area contributed by atoms with Crippen molar-refractivity contribution < 1.29 is 9.47 Å². The summed E-state index contributed by atoms with van der Waals surface area (Å²) in [6.45, 7) is -0.0402. The molecule has 0 amide bonds. The van der Waals surface area contributed by atoms with Gasteiger partial charge in [0, 0.05) is 29.0 Å². The number of hydrogen-bond donors (Lipinski definition) is 0. The van der Waals surface area contributed by atoms with Crippen molar-refractivity contribution in [2.75, 3.05) is 0 Å². The molecule has 5 aromatic carbocycles. The molecule has 7 aromatic rings. The summed E-state index contributed by atoms with van der Waals surface area (Å²) in [5.41, 5.74) is 11.9. The van der Waals surface area contributed by atoms with Crippen molar-refractivity contribution in [3.63, 3.8) is 0 Å². The van der Waals surface area contributed by atoms with Crippen LogP contribution >= 0.6 is 0 Å². The van der Waals surface area contributed by atoms with E-state index in [1.165, 1.54) is 0 Å². The molecule has 0 N–H and O–H groups in total. The second-order valence-corrected chi connectivity index (χ2v) is 11.4. The van der Waals surface area contributed by atoms with Crippen LogP contribution in [0.25, 0.3) is 44.8 Å². The Morgan fingerprint density at radius 1 is 0.378 bits per heavy atom. The highest BCUT2D eigenvalue weighted by Gasteiger charge is 2.40. The summed E-state index contributed by atoms with van der Waals surface area (Å²) in [7, 11) is 0. The van der Waals surface area contributed by atoms with E-state index in [1.54, 1.807) is 0 Å². The van der Waals surface area contributed by atoms with Crippen molar-refractivity contribution in [3.8, 4) is 67.8 Å². The zero-order valence-corrected chi connectivity index (χ0v) is 24.2. The summed E-state index contributed by atoms with van der Waals surface area (Å²) < 4.78 is 13.0. The Labute approximate surface area is 261 Å². The van der Waals surface area contributed by atoms with Gasteiger partial charge in [-0.05, 0) is 93.8 Å². The molecule has 0 bridgehead atoms. The monoisotopic (exact) mass is 576 g/mol. The molecular weight excluding hydrogens is 551 g/mol. The third kappa shape index (κ3) is 4.40. The van der Waals surface area contributed by atoms with Gasteiger partial charge in [0.05, 0.1) is 11.4 Å². The first-order valence-electron chi connectivity index (χ1n) is 15.1. The molecule has 0 atom stereocenters. The van der Waals surface area contributed by atoms with Crippen LogP contribution < -0.4 is 25.9 Å². The lowest BCUT2D eigenvalue weighted by atomic mass is 9.34. The third-order valence-corrected chi connectivity index (χ3v) is 8.71.